The molecule has 16 heavy (non-hydrogen) atoms. The molecule has 1 aliphatic rings. The molecule has 0 aromatic carbocycles. The summed E-state index contributed by atoms with van der Waals surface area (Å²) in [6, 6.07) is 1.96. The van der Waals surface area contributed by atoms with Gasteiger partial charge >= 0.3 is 0 Å². The van der Waals surface area contributed by atoms with Crippen LogP contribution in [0.2, 0.25) is 0 Å². The predicted octanol–water partition coefficient (Wildman–Crippen LogP) is 1.87. The van der Waals surface area contributed by atoms with Gasteiger partial charge in [-0.3, -0.25) is 5.84 Å². The largest absolute Gasteiger partial charge is 0.271 e. The maximum Gasteiger partial charge on any atom is 0.115 e. The van der Waals surface area contributed by atoms with E-state index in [1.165, 1.54) is 24.8 Å². The first-order valence-corrected chi connectivity index (χ1v) is 5.83. The van der Waals surface area contributed by atoms with Gasteiger partial charge in [-0.1, -0.05) is 18.1 Å². The zero-order valence-corrected chi connectivity index (χ0v) is 9.39. The van der Waals surface area contributed by atoms with Gasteiger partial charge in [0, 0.05) is 6.20 Å². The van der Waals surface area contributed by atoms with Crippen LogP contribution >= 0.6 is 0 Å². The third-order valence-electron chi connectivity index (χ3n) is 3.01. The number of nitrogens with two attached hydrogens (primary N) is 1. The van der Waals surface area contributed by atoms with E-state index in [9.17, 15) is 0 Å². The molecule has 4 heteroatoms. The lowest BCUT2D eigenvalue weighted by Gasteiger charge is -2.18. The second kappa shape index (κ2) is 5.72. The van der Waals surface area contributed by atoms with Crippen molar-refractivity contribution in [3.05, 3.63) is 35.9 Å². The molecule has 0 radical (unpaired) electrons. The van der Waals surface area contributed by atoms with E-state index < -0.39 is 0 Å². The van der Waals surface area contributed by atoms with Crippen molar-refractivity contribution < 1.29 is 0 Å². The lowest BCUT2D eigenvalue weighted by atomic mass is 10.00. The minimum atomic E-state index is 0.0427. The number of hydrogen-bond donors (Lipinski definition) is 2. The van der Waals surface area contributed by atoms with E-state index in [0.717, 1.165) is 18.5 Å². The molecule has 0 aliphatic heterocycles. The van der Waals surface area contributed by atoms with Crippen molar-refractivity contribution in [1.82, 2.24) is 15.4 Å². The van der Waals surface area contributed by atoms with Gasteiger partial charge < -0.3 is 0 Å². The Labute approximate surface area is 96.0 Å². The molecule has 1 heterocycles. The Kier molecular flexibility index (Phi) is 4.02. The van der Waals surface area contributed by atoms with Crippen molar-refractivity contribution in [3.8, 4) is 0 Å². The van der Waals surface area contributed by atoms with Gasteiger partial charge in [0.2, 0.25) is 0 Å². The quantitative estimate of drug-likeness (QED) is 0.462. The predicted molar refractivity (Wildman–Crippen MR) is 63.3 cm³/mol. The number of nitrogens with zero attached hydrogens (tertiary/aromatic N) is 2. The van der Waals surface area contributed by atoms with Gasteiger partial charge in [0.25, 0.3) is 0 Å². The summed E-state index contributed by atoms with van der Waals surface area (Å²) >= 11 is 0. The van der Waals surface area contributed by atoms with Crippen LogP contribution in [0.1, 0.15) is 43.8 Å². The van der Waals surface area contributed by atoms with Crippen molar-refractivity contribution in [2.24, 2.45) is 5.84 Å². The first-order valence-electron chi connectivity index (χ1n) is 5.83. The lowest BCUT2D eigenvalue weighted by Crippen LogP contribution is -2.30. The molecule has 1 aliphatic carbocycles. The molecule has 1 unspecified atom stereocenters. The molecule has 1 aromatic heterocycles. The second-order valence-corrected chi connectivity index (χ2v) is 4.11. The van der Waals surface area contributed by atoms with Crippen LogP contribution in [0.4, 0.5) is 0 Å². The van der Waals surface area contributed by atoms with Crippen LogP contribution in [-0.4, -0.2) is 9.97 Å². The van der Waals surface area contributed by atoms with Crippen molar-refractivity contribution >= 4 is 0 Å². The Morgan fingerprint density at radius 1 is 1.31 bits per heavy atom. The number of rotatable bonds is 3. The van der Waals surface area contributed by atoms with Crippen LogP contribution in [0.15, 0.2) is 30.2 Å². The maximum atomic E-state index is 5.64. The van der Waals surface area contributed by atoms with E-state index >= 15 is 0 Å². The molecular formula is C12H18N4. The Bertz CT molecular complexity index is 347. The summed E-state index contributed by atoms with van der Waals surface area (Å²) in [4.78, 5) is 8.19. The highest BCUT2D eigenvalue weighted by Gasteiger charge is 2.16. The van der Waals surface area contributed by atoms with E-state index in [1.807, 2.05) is 6.07 Å². The van der Waals surface area contributed by atoms with Crippen LogP contribution in [0.3, 0.4) is 0 Å². The normalized spacial score (nSPS) is 18.7. The Morgan fingerprint density at radius 2 is 2.25 bits per heavy atom. The monoisotopic (exact) mass is 218 g/mol. The van der Waals surface area contributed by atoms with Crippen molar-refractivity contribution in [2.45, 2.75) is 38.1 Å². The van der Waals surface area contributed by atoms with Crippen molar-refractivity contribution in [2.75, 3.05) is 0 Å². The molecule has 1 atom stereocenters. The third kappa shape index (κ3) is 2.65. The maximum absolute atomic E-state index is 5.64. The number of hydrazine groups is 1. The molecule has 0 saturated heterocycles. The van der Waals surface area contributed by atoms with Crippen LogP contribution in [0, 0.1) is 0 Å². The van der Waals surface area contributed by atoms with Gasteiger partial charge in [0.15, 0.2) is 0 Å². The van der Waals surface area contributed by atoms with E-state index in [-0.39, 0.29) is 6.04 Å². The minimum Gasteiger partial charge on any atom is -0.271 e. The number of nitrogens with one attached hydrogen (secondary N) is 1. The summed E-state index contributed by atoms with van der Waals surface area (Å²) in [6.07, 6.45) is 11.7. The first kappa shape index (κ1) is 11.2. The molecule has 0 spiro atoms. The van der Waals surface area contributed by atoms with Gasteiger partial charge in [-0.15, -0.1) is 0 Å². The summed E-state index contributed by atoms with van der Waals surface area (Å²) in [6.45, 7) is 0. The molecule has 0 saturated carbocycles. The van der Waals surface area contributed by atoms with Gasteiger partial charge in [-0.25, -0.2) is 15.4 Å². The first-order chi connectivity index (χ1) is 7.92. The van der Waals surface area contributed by atoms with Gasteiger partial charge in [0.05, 0.1) is 11.7 Å². The summed E-state index contributed by atoms with van der Waals surface area (Å²) in [5.41, 5.74) is 5.17. The van der Waals surface area contributed by atoms with Crippen LogP contribution in [-0.2, 0) is 0 Å². The summed E-state index contributed by atoms with van der Waals surface area (Å²) in [7, 11) is 0. The average molecular weight is 218 g/mol. The standard InChI is InChI=1S/C12H18N4/c13-16-12(11-7-8-14-9-15-11)10-5-3-1-2-4-6-10/h5,7-9,12,16H,1-4,6,13H2. The molecule has 4 nitrogen and oxygen atoms in total. The summed E-state index contributed by atoms with van der Waals surface area (Å²) in [5, 5.41) is 0. The van der Waals surface area contributed by atoms with E-state index in [2.05, 4.69) is 21.5 Å². The Morgan fingerprint density at radius 3 is 3.00 bits per heavy atom. The molecule has 3 N–H and O–H groups in total. The third-order valence-corrected chi connectivity index (χ3v) is 3.01. The van der Waals surface area contributed by atoms with Crippen LogP contribution < -0.4 is 11.3 Å². The Hall–Kier alpha value is -1.26. The highest BCUT2D eigenvalue weighted by molar-refractivity contribution is 5.21. The number of aromatic nitrogens is 2. The highest BCUT2D eigenvalue weighted by atomic mass is 15.2. The number of hydrogen-bond acceptors (Lipinski definition) is 4. The zero-order valence-electron chi connectivity index (χ0n) is 9.39. The van der Waals surface area contributed by atoms with Gasteiger partial charge in [-0.05, 0) is 31.7 Å². The highest BCUT2D eigenvalue weighted by Crippen LogP contribution is 2.27. The summed E-state index contributed by atoms with van der Waals surface area (Å²) < 4.78 is 0. The fourth-order valence-electron chi connectivity index (χ4n) is 2.16. The molecule has 0 fully saturated rings. The van der Waals surface area contributed by atoms with Crippen LogP contribution in [0.25, 0.3) is 0 Å². The molecule has 0 amide bonds. The van der Waals surface area contributed by atoms with Crippen LogP contribution in [0.5, 0.6) is 0 Å². The molecule has 86 valence electrons. The zero-order chi connectivity index (χ0) is 11.2. The van der Waals surface area contributed by atoms with E-state index in [4.69, 9.17) is 5.84 Å². The second-order valence-electron chi connectivity index (χ2n) is 4.11. The van der Waals surface area contributed by atoms with Gasteiger partial charge in [0.1, 0.15) is 6.33 Å². The smallest absolute Gasteiger partial charge is 0.115 e. The minimum absolute atomic E-state index is 0.0427. The average Bonchev–Trinajstić information content (AvgIpc) is 2.61. The molecular weight excluding hydrogens is 200 g/mol. The lowest BCUT2D eigenvalue weighted by molar-refractivity contribution is 0.579. The van der Waals surface area contributed by atoms with Crippen molar-refractivity contribution in [3.63, 3.8) is 0 Å². The topological polar surface area (TPSA) is 63.8 Å². The molecule has 1 aromatic rings. The SMILES string of the molecule is NNC(C1=CCCCCC1)c1ccncn1. The van der Waals surface area contributed by atoms with Gasteiger partial charge in [-0.2, -0.15) is 0 Å². The summed E-state index contributed by atoms with van der Waals surface area (Å²) in [5.74, 6) is 5.64. The fourth-order valence-corrected chi connectivity index (χ4v) is 2.16. The fraction of sp³-hybridized carbons (Fsp3) is 0.500. The molecule has 0 bridgehead atoms. The van der Waals surface area contributed by atoms with E-state index in [1.54, 1.807) is 12.5 Å². The van der Waals surface area contributed by atoms with E-state index in [0.29, 0.717) is 0 Å². The molecule has 2 rings (SSSR count). The Balaban J connectivity index is 2.18. The number of allylic oxidation sites excluding steroid dienone is 1. The van der Waals surface area contributed by atoms with Crippen molar-refractivity contribution in [1.29, 1.82) is 0 Å².